The van der Waals surface area contributed by atoms with Gasteiger partial charge in [0.25, 0.3) is 0 Å². The lowest BCUT2D eigenvalue weighted by Crippen LogP contribution is -1.97. The van der Waals surface area contributed by atoms with Crippen molar-refractivity contribution in [2.24, 2.45) is 0 Å². The summed E-state index contributed by atoms with van der Waals surface area (Å²) in [7, 11) is 1.39. The van der Waals surface area contributed by atoms with Gasteiger partial charge in [0.2, 0.25) is 0 Å². The van der Waals surface area contributed by atoms with Crippen molar-refractivity contribution >= 4 is 16.6 Å². The van der Waals surface area contributed by atoms with E-state index in [-0.39, 0.29) is 11.4 Å². The average Bonchev–Trinajstić information content (AvgIpc) is 2.50. The number of anilines is 1. The first-order valence-electron chi connectivity index (χ1n) is 6.33. The lowest BCUT2D eigenvalue weighted by molar-refractivity contribution is 0.382. The zero-order valence-electron chi connectivity index (χ0n) is 11.3. The molecule has 3 aromatic rings. The zero-order chi connectivity index (χ0) is 14.8. The van der Waals surface area contributed by atoms with E-state index in [0.717, 1.165) is 5.39 Å². The Hall–Kier alpha value is -2.82. The lowest BCUT2D eigenvalue weighted by atomic mass is 10.2. The number of benzene rings is 2. The van der Waals surface area contributed by atoms with Crippen molar-refractivity contribution < 1.29 is 13.9 Å². The van der Waals surface area contributed by atoms with E-state index < -0.39 is 5.82 Å². The van der Waals surface area contributed by atoms with E-state index >= 15 is 0 Å². The number of fused-ring (bicyclic) bond motifs is 1. The largest absolute Gasteiger partial charge is 0.494 e. The summed E-state index contributed by atoms with van der Waals surface area (Å²) in [6.45, 7) is 0. The number of methoxy groups -OCH3 is 1. The van der Waals surface area contributed by atoms with Gasteiger partial charge in [-0.25, -0.2) is 4.39 Å². The van der Waals surface area contributed by atoms with Crippen molar-refractivity contribution in [3.63, 3.8) is 0 Å². The van der Waals surface area contributed by atoms with Gasteiger partial charge in [0.15, 0.2) is 23.1 Å². The average molecular weight is 284 g/mol. The van der Waals surface area contributed by atoms with Crippen LogP contribution in [0.15, 0.2) is 48.7 Å². The fourth-order valence-corrected chi connectivity index (χ4v) is 2.07. The topological polar surface area (TPSA) is 57.4 Å². The summed E-state index contributed by atoms with van der Waals surface area (Å²) >= 11 is 0. The van der Waals surface area contributed by atoms with E-state index in [4.69, 9.17) is 15.2 Å². The Labute approximate surface area is 120 Å². The molecule has 2 aromatic carbocycles. The van der Waals surface area contributed by atoms with E-state index in [1.54, 1.807) is 12.3 Å². The SMILES string of the molecule is COc1cc(Oc2cccc3cccnc23)c(N)cc1F. The smallest absolute Gasteiger partial charge is 0.167 e. The molecule has 3 rings (SSSR count). The van der Waals surface area contributed by atoms with Crippen LogP contribution in [0.25, 0.3) is 10.9 Å². The fourth-order valence-electron chi connectivity index (χ4n) is 2.07. The minimum Gasteiger partial charge on any atom is -0.494 e. The predicted octanol–water partition coefficient (Wildman–Crippen LogP) is 3.76. The molecule has 0 saturated heterocycles. The molecule has 0 fully saturated rings. The van der Waals surface area contributed by atoms with Crippen LogP contribution in [0, 0.1) is 5.82 Å². The Kier molecular flexibility index (Phi) is 3.31. The number of pyridine rings is 1. The molecule has 0 unspecified atom stereocenters. The Morgan fingerprint density at radius 1 is 1.05 bits per heavy atom. The minimum atomic E-state index is -0.529. The summed E-state index contributed by atoms with van der Waals surface area (Å²) in [4.78, 5) is 4.30. The Morgan fingerprint density at radius 3 is 2.67 bits per heavy atom. The van der Waals surface area contributed by atoms with Crippen LogP contribution in [0.5, 0.6) is 17.2 Å². The van der Waals surface area contributed by atoms with E-state index in [0.29, 0.717) is 17.0 Å². The highest BCUT2D eigenvalue weighted by molar-refractivity contribution is 5.84. The van der Waals surface area contributed by atoms with Crippen molar-refractivity contribution in [1.82, 2.24) is 4.98 Å². The summed E-state index contributed by atoms with van der Waals surface area (Å²) in [5, 5.41) is 0.947. The molecule has 1 aromatic heterocycles. The maximum absolute atomic E-state index is 13.5. The lowest BCUT2D eigenvalue weighted by Gasteiger charge is -2.12. The van der Waals surface area contributed by atoms with Gasteiger partial charge >= 0.3 is 0 Å². The summed E-state index contributed by atoms with van der Waals surface area (Å²) in [6.07, 6.45) is 1.68. The van der Waals surface area contributed by atoms with Crippen LogP contribution in [-0.4, -0.2) is 12.1 Å². The Morgan fingerprint density at radius 2 is 1.86 bits per heavy atom. The fraction of sp³-hybridized carbons (Fsp3) is 0.0625. The molecular weight excluding hydrogens is 271 g/mol. The molecule has 2 N–H and O–H groups in total. The number of nitrogens with zero attached hydrogens (tertiary/aromatic N) is 1. The molecule has 0 aliphatic rings. The first-order chi connectivity index (χ1) is 10.2. The van der Waals surface area contributed by atoms with Gasteiger partial charge in [0, 0.05) is 23.7 Å². The third kappa shape index (κ3) is 2.45. The first kappa shape index (κ1) is 13.2. The molecule has 106 valence electrons. The van der Waals surface area contributed by atoms with Crippen LogP contribution in [0.3, 0.4) is 0 Å². The molecule has 0 radical (unpaired) electrons. The van der Waals surface area contributed by atoms with Crippen LogP contribution >= 0.6 is 0 Å². The number of nitrogen functional groups attached to an aromatic ring is 1. The van der Waals surface area contributed by atoms with E-state index in [1.165, 1.54) is 19.2 Å². The van der Waals surface area contributed by atoms with Gasteiger partial charge in [-0.05, 0) is 12.1 Å². The maximum atomic E-state index is 13.5. The van der Waals surface area contributed by atoms with Crippen molar-refractivity contribution in [3.8, 4) is 17.2 Å². The summed E-state index contributed by atoms with van der Waals surface area (Å²) in [6, 6.07) is 12.0. The van der Waals surface area contributed by atoms with Crippen LogP contribution in [0.2, 0.25) is 0 Å². The predicted molar refractivity (Wildman–Crippen MR) is 79.2 cm³/mol. The molecule has 4 nitrogen and oxygen atoms in total. The third-order valence-corrected chi connectivity index (χ3v) is 3.10. The Balaban J connectivity index is 2.07. The molecule has 0 amide bonds. The van der Waals surface area contributed by atoms with Crippen LogP contribution < -0.4 is 15.2 Å². The highest BCUT2D eigenvalue weighted by Crippen LogP contribution is 2.35. The van der Waals surface area contributed by atoms with Gasteiger partial charge in [0.1, 0.15) is 5.52 Å². The summed E-state index contributed by atoms with van der Waals surface area (Å²) < 4.78 is 24.3. The van der Waals surface area contributed by atoms with Crippen LogP contribution in [0.1, 0.15) is 0 Å². The monoisotopic (exact) mass is 284 g/mol. The van der Waals surface area contributed by atoms with Crippen LogP contribution in [-0.2, 0) is 0 Å². The molecule has 0 saturated carbocycles. The number of hydrogen-bond donors (Lipinski definition) is 1. The second-order valence-electron chi connectivity index (χ2n) is 4.46. The van der Waals surface area contributed by atoms with E-state index in [9.17, 15) is 4.39 Å². The van der Waals surface area contributed by atoms with Gasteiger partial charge in [0.05, 0.1) is 12.8 Å². The molecule has 0 atom stereocenters. The summed E-state index contributed by atoms with van der Waals surface area (Å²) in [5.74, 6) is 0.422. The molecule has 0 aliphatic carbocycles. The molecule has 5 heteroatoms. The zero-order valence-corrected chi connectivity index (χ0v) is 11.3. The highest BCUT2D eigenvalue weighted by atomic mass is 19.1. The number of halogens is 1. The normalized spacial score (nSPS) is 10.6. The Bertz CT molecular complexity index is 800. The molecular formula is C16H13FN2O2. The second kappa shape index (κ2) is 5.28. The van der Waals surface area contributed by atoms with E-state index in [1.807, 2.05) is 24.3 Å². The van der Waals surface area contributed by atoms with Gasteiger partial charge in [-0.15, -0.1) is 0 Å². The number of para-hydroxylation sites is 1. The quantitative estimate of drug-likeness (QED) is 0.744. The van der Waals surface area contributed by atoms with Crippen LogP contribution in [0.4, 0.5) is 10.1 Å². The standard InChI is InChI=1S/C16H13FN2O2/c1-20-14-9-15(12(18)8-11(14)17)21-13-6-2-4-10-5-3-7-19-16(10)13/h2-9H,18H2,1H3. The molecule has 21 heavy (non-hydrogen) atoms. The van der Waals surface area contributed by atoms with Crippen molar-refractivity contribution in [1.29, 1.82) is 0 Å². The maximum Gasteiger partial charge on any atom is 0.167 e. The second-order valence-corrected chi connectivity index (χ2v) is 4.46. The van der Waals surface area contributed by atoms with Crippen molar-refractivity contribution in [3.05, 3.63) is 54.5 Å². The number of aromatic nitrogens is 1. The molecule has 0 bridgehead atoms. The first-order valence-corrected chi connectivity index (χ1v) is 6.33. The highest BCUT2D eigenvalue weighted by Gasteiger charge is 2.12. The van der Waals surface area contributed by atoms with Gasteiger partial charge in [-0.3, -0.25) is 4.98 Å². The minimum absolute atomic E-state index is 0.0763. The number of nitrogens with two attached hydrogens (primary N) is 1. The number of hydrogen-bond acceptors (Lipinski definition) is 4. The molecule has 1 heterocycles. The third-order valence-electron chi connectivity index (χ3n) is 3.10. The van der Waals surface area contributed by atoms with Gasteiger partial charge in [-0.2, -0.15) is 0 Å². The van der Waals surface area contributed by atoms with Crippen molar-refractivity contribution in [2.45, 2.75) is 0 Å². The molecule has 0 aliphatic heterocycles. The number of ether oxygens (including phenoxy) is 2. The number of rotatable bonds is 3. The van der Waals surface area contributed by atoms with Crippen molar-refractivity contribution in [2.75, 3.05) is 12.8 Å². The summed E-state index contributed by atoms with van der Waals surface area (Å²) in [5.41, 5.74) is 6.70. The van der Waals surface area contributed by atoms with E-state index in [2.05, 4.69) is 4.98 Å². The van der Waals surface area contributed by atoms with Gasteiger partial charge < -0.3 is 15.2 Å². The van der Waals surface area contributed by atoms with Gasteiger partial charge in [-0.1, -0.05) is 18.2 Å². The molecule has 0 spiro atoms.